The third kappa shape index (κ3) is 3.75. The van der Waals surface area contributed by atoms with Gasteiger partial charge in [0.15, 0.2) is 6.10 Å². The maximum atomic E-state index is 13.1. The zero-order valence-electron chi connectivity index (χ0n) is 15.1. The monoisotopic (exact) mass is 473 g/mol. The first-order chi connectivity index (χ1) is 12.7. The van der Waals surface area contributed by atoms with Crippen LogP contribution in [0.25, 0.3) is 0 Å². The molecule has 4 aliphatic rings. The van der Waals surface area contributed by atoms with Crippen molar-refractivity contribution in [3.8, 4) is 0 Å². The number of carbonyl (C=O) groups is 2. The molecule has 3 atom stereocenters. The number of benzene rings is 1. The predicted octanol–water partition coefficient (Wildman–Crippen LogP) is 5.60. The first-order valence-corrected chi connectivity index (χ1v) is 10.9. The Bertz CT molecular complexity index is 785. The van der Waals surface area contributed by atoms with Crippen LogP contribution in [0.5, 0.6) is 0 Å². The van der Waals surface area contributed by atoms with E-state index in [1.54, 1.807) is 25.1 Å². The summed E-state index contributed by atoms with van der Waals surface area (Å²) in [4.78, 5) is 25.5. The molecule has 146 valence electrons. The Hall–Kier alpha value is -0.780. The molecule has 4 aliphatic carbocycles. The normalized spacial score (nSPS) is 35.0. The molecule has 1 aromatic carbocycles. The van der Waals surface area contributed by atoms with E-state index in [2.05, 4.69) is 21.2 Å². The molecular weight excluding hydrogens is 453 g/mol. The summed E-state index contributed by atoms with van der Waals surface area (Å²) in [5.74, 6) is 0.529. The molecule has 27 heavy (non-hydrogen) atoms. The molecule has 0 spiro atoms. The summed E-state index contributed by atoms with van der Waals surface area (Å²) in [6.07, 6.45) is 5.19. The largest absolute Gasteiger partial charge is 0.452 e. The van der Waals surface area contributed by atoms with E-state index in [1.165, 1.54) is 6.42 Å². The lowest BCUT2D eigenvalue weighted by molar-refractivity contribution is -0.175. The summed E-state index contributed by atoms with van der Waals surface area (Å²) >= 11 is 15.9. The molecule has 0 unspecified atom stereocenters. The van der Waals surface area contributed by atoms with Crippen molar-refractivity contribution in [2.24, 2.45) is 17.3 Å². The van der Waals surface area contributed by atoms with Gasteiger partial charge in [0.1, 0.15) is 0 Å². The number of carbonyl (C=O) groups excluding carboxylic acids is 2. The number of hydrogen-bond acceptors (Lipinski definition) is 3. The highest BCUT2D eigenvalue weighted by atomic mass is 79.9. The van der Waals surface area contributed by atoms with Crippen LogP contribution in [-0.4, -0.2) is 22.3 Å². The molecule has 1 N–H and O–H groups in total. The lowest BCUT2D eigenvalue weighted by Gasteiger charge is -2.58. The highest BCUT2D eigenvalue weighted by Crippen LogP contribution is 2.64. The highest BCUT2D eigenvalue weighted by Gasteiger charge is 2.60. The van der Waals surface area contributed by atoms with Crippen molar-refractivity contribution in [3.63, 3.8) is 0 Å². The van der Waals surface area contributed by atoms with E-state index in [9.17, 15) is 9.59 Å². The van der Waals surface area contributed by atoms with Gasteiger partial charge < -0.3 is 10.1 Å². The van der Waals surface area contributed by atoms with E-state index in [4.69, 9.17) is 27.9 Å². The van der Waals surface area contributed by atoms with Gasteiger partial charge in [0.25, 0.3) is 5.91 Å². The number of ether oxygens (including phenoxy) is 1. The molecule has 4 bridgehead atoms. The summed E-state index contributed by atoms with van der Waals surface area (Å²) in [5.41, 5.74) is 0.00299. The topological polar surface area (TPSA) is 55.4 Å². The van der Waals surface area contributed by atoms with Crippen molar-refractivity contribution in [3.05, 3.63) is 28.2 Å². The molecule has 1 aromatic rings. The predicted molar refractivity (Wildman–Crippen MR) is 109 cm³/mol. The molecule has 5 rings (SSSR count). The van der Waals surface area contributed by atoms with Crippen LogP contribution in [0.15, 0.2) is 18.2 Å². The number of nitrogens with one attached hydrogen (secondary N) is 1. The van der Waals surface area contributed by atoms with Gasteiger partial charge in [-0.2, -0.15) is 0 Å². The first kappa shape index (κ1) is 19.5. The lowest BCUT2D eigenvalue weighted by Crippen LogP contribution is -2.56. The minimum atomic E-state index is -0.886. The van der Waals surface area contributed by atoms with Crippen molar-refractivity contribution in [2.45, 2.75) is 55.9 Å². The van der Waals surface area contributed by atoms with Crippen LogP contribution in [0, 0.1) is 17.3 Å². The maximum Gasteiger partial charge on any atom is 0.312 e. The summed E-state index contributed by atoms with van der Waals surface area (Å²) in [6, 6.07) is 4.83. The zero-order valence-corrected chi connectivity index (χ0v) is 18.2. The van der Waals surface area contributed by atoms with Crippen LogP contribution >= 0.6 is 39.1 Å². The van der Waals surface area contributed by atoms with Crippen LogP contribution in [-0.2, 0) is 14.3 Å². The third-order valence-electron chi connectivity index (χ3n) is 6.26. The van der Waals surface area contributed by atoms with Gasteiger partial charge in [-0.05, 0) is 75.5 Å². The molecule has 1 amide bonds. The highest BCUT2D eigenvalue weighted by molar-refractivity contribution is 9.10. The van der Waals surface area contributed by atoms with Crippen LogP contribution in [0.3, 0.4) is 0 Å². The molecule has 4 saturated carbocycles. The van der Waals surface area contributed by atoms with Gasteiger partial charge in [0.2, 0.25) is 0 Å². The summed E-state index contributed by atoms with van der Waals surface area (Å²) < 4.78 is 5.70. The maximum absolute atomic E-state index is 13.1. The van der Waals surface area contributed by atoms with Crippen molar-refractivity contribution in [1.29, 1.82) is 0 Å². The SMILES string of the molecule is C[C@@H](OC(=O)C12C[C@H]3C[C@@H](CC(Br)(C3)C1)C2)C(=O)Nc1ccc(Cl)cc1Cl. The van der Waals surface area contributed by atoms with Crippen molar-refractivity contribution in [2.75, 3.05) is 5.32 Å². The fourth-order valence-corrected chi connectivity index (χ4v) is 7.46. The van der Waals surface area contributed by atoms with Gasteiger partial charge in [-0.1, -0.05) is 39.1 Å². The van der Waals surface area contributed by atoms with Crippen LogP contribution in [0.2, 0.25) is 10.0 Å². The number of alkyl halides is 1. The summed E-state index contributed by atoms with van der Waals surface area (Å²) in [7, 11) is 0. The van der Waals surface area contributed by atoms with Crippen LogP contribution < -0.4 is 5.32 Å². The second-order valence-corrected chi connectivity index (χ2v) is 11.1. The van der Waals surface area contributed by atoms with Crippen molar-refractivity contribution < 1.29 is 14.3 Å². The molecule has 4 fully saturated rings. The minimum Gasteiger partial charge on any atom is -0.452 e. The summed E-state index contributed by atoms with van der Waals surface area (Å²) in [6.45, 7) is 1.60. The Kier molecular flexibility index (Phi) is 5.01. The van der Waals surface area contributed by atoms with E-state index in [1.807, 2.05) is 0 Å². The van der Waals surface area contributed by atoms with Gasteiger partial charge in [0.05, 0.1) is 16.1 Å². The van der Waals surface area contributed by atoms with E-state index >= 15 is 0 Å². The van der Waals surface area contributed by atoms with Gasteiger partial charge in [-0.3, -0.25) is 9.59 Å². The Morgan fingerprint density at radius 3 is 2.48 bits per heavy atom. The quantitative estimate of drug-likeness (QED) is 0.456. The van der Waals surface area contributed by atoms with E-state index in [0.717, 1.165) is 32.1 Å². The number of anilines is 1. The Labute approximate surface area is 177 Å². The second kappa shape index (κ2) is 6.93. The zero-order chi connectivity index (χ0) is 19.4. The lowest BCUT2D eigenvalue weighted by atomic mass is 9.49. The Morgan fingerprint density at radius 2 is 1.89 bits per heavy atom. The van der Waals surface area contributed by atoms with E-state index < -0.39 is 17.4 Å². The molecule has 0 aromatic heterocycles. The van der Waals surface area contributed by atoms with Crippen LogP contribution in [0.1, 0.15) is 45.4 Å². The molecule has 0 aliphatic heterocycles. The van der Waals surface area contributed by atoms with Gasteiger partial charge in [-0.15, -0.1) is 0 Å². The third-order valence-corrected chi connectivity index (χ3v) is 7.74. The number of hydrogen-bond donors (Lipinski definition) is 1. The molecule has 7 heteroatoms. The average molecular weight is 475 g/mol. The molecule has 4 nitrogen and oxygen atoms in total. The number of halogens is 3. The van der Waals surface area contributed by atoms with Crippen LogP contribution in [0.4, 0.5) is 5.69 Å². The van der Waals surface area contributed by atoms with E-state index in [-0.39, 0.29) is 10.3 Å². The molecule has 0 heterocycles. The van der Waals surface area contributed by atoms with E-state index in [0.29, 0.717) is 27.6 Å². The van der Waals surface area contributed by atoms with Gasteiger partial charge in [0, 0.05) is 9.35 Å². The van der Waals surface area contributed by atoms with Gasteiger partial charge in [-0.25, -0.2) is 0 Å². The number of esters is 1. The molecular formula is C20H22BrCl2NO3. The van der Waals surface area contributed by atoms with Gasteiger partial charge >= 0.3 is 5.97 Å². The first-order valence-electron chi connectivity index (χ1n) is 9.34. The number of amides is 1. The standard InChI is InChI=1S/C20H22BrCl2NO3/c1-11(17(25)24-16-3-2-14(22)5-15(16)23)27-18(26)19-6-12-4-13(7-19)9-20(21,8-12)10-19/h2-3,5,11-13H,4,6-10H2,1H3,(H,24,25)/t11-,12-,13-,19?,20?/m1/s1. The minimum absolute atomic E-state index is 0.0679. The summed E-state index contributed by atoms with van der Waals surface area (Å²) in [5, 5.41) is 3.54. The average Bonchev–Trinajstić information content (AvgIpc) is 2.55. The Morgan fingerprint density at radius 1 is 1.22 bits per heavy atom. The fraction of sp³-hybridized carbons (Fsp3) is 0.600. The smallest absolute Gasteiger partial charge is 0.312 e. The molecule has 0 saturated heterocycles. The number of rotatable bonds is 4. The second-order valence-electron chi connectivity index (χ2n) is 8.55. The van der Waals surface area contributed by atoms with Crippen molar-refractivity contribution in [1.82, 2.24) is 0 Å². The Balaban J connectivity index is 1.42. The van der Waals surface area contributed by atoms with Crippen molar-refractivity contribution >= 4 is 56.7 Å². The molecule has 0 radical (unpaired) electrons. The fourth-order valence-electron chi connectivity index (χ4n) is 5.55.